The van der Waals surface area contributed by atoms with E-state index in [1.165, 1.54) is 6.92 Å². The Morgan fingerprint density at radius 2 is 1.96 bits per heavy atom. The van der Waals surface area contributed by atoms with Crippen molar-refractivity contribution >= 4 is 5.91 Å². The van der Waals surface area contributed by atoms with Gasteiger partial charge in [0, 0.05) is 12.0 Å². The standard InChI is InChI=1S/C16H20F3NO4/c1-10(22-8-16(17,18)19)14(21)20-7-15(2,3)11-4-5-12-13(6-11)24-9-23-12/h4-6,10H,7-9H2,1-3H3,(H,20,21)/t10-/m0/s1. The number of halogens is 3. The third kappa shape index (κ3) is 4.77. The van der Waals surface area contributed by atoms with Gasteiger partial charge in [0.2, 0.25) is 12.7 Å². The number of carbonyl (C=O) groups excluding carboxylic acids is 1. The van der Waals surface area contributed by atoms with Gasteiger partial charge in [-0.25, -0.2) is 0 Å². The molecule has 5 nitrogen and oxygen atoms in total. The van der Waals surface area contributed by atoms with Gasteiger partial charge in [-0.05, 0) is 24.6 Å². The molecular weight excluding hydrogens is 327 g/mol. The van der Waals surface area contributed by atoms with E-state index in [-0.39, 0.29) is 13.3 Å². The van der Waals surface area contributed by atoms with E-state index in [0.29, 0.717) is 11.5 Å². The summed E-state index contributed by atoms with van der Waals surface area (Å²) in [6, 6.07) is 5.48. The highest BCUT2D eigenvalue weighted by molar-refractivity contribution is 5.80. The summed E-state index contributed by atoms with van der Waals surface area (Å²) >= 11 is 0. The Morgan fingerprint density at radius 1 is 1.29 bits per heavy atom. The van der Waals surface area contributed by atoms with E-state index in [1.54, 1.807) is 6.07 Å². The third-order valence-corrected chi connectivity index (χ3v) is 3.72. The maximum Gasteiger partial charge on any atom is 0.411 e. The van der Waals surface area contributed by atoms with E-state index in [0.717, 1.165) is 5.56 Å². The number of alkyl halides is 3. The predicted molar refractivity (Wildman–Crippen MR) is 80.1 cm³/mol. The molecule has 1 heterocycles. The summed E-state index contributed by atoms with van der Waals surface area (Å²) in [7, 11) is 0. The Labute approximate surface area is 138 Å². The van der Waals surface area contributed by atoms with Gasteiger partial charge in [0.25, 0.3) is 0 Å². The fraction of sp³-hybridized carbons (Fsp3) is 0.562. The van der Waals surface area contributed by atoms with Gasteiger partial charge >= 0.3 is 6.18 Å². The maximum atomic E-state index is 12.1. The van der Waals surface area contributed by atoms with Crippen LogP contribution in [-0.4, -0.2) is 38.1 Å². The molecule has 1 amide bonds. The average molecular weight is 347 g/mol. The molecule has 1 aliphatic heterocycles. The predicted octanol–water partition coefficient (Wildman–Crippen LogP) is 2.78. The van der Waals surface area contributed by atoms with Crippen molar-refractivity contribution in [2.75, 3.05) is 19.9 Å². The highest BCUT2D eigenvalue weighted by atomic mass is 19.4. The molecule has 1 aromatic carbocycles. The van der Waals surface area contributed by atoms with Crippen LogP contribution >= 0.6 is 0 Å². The number of rotatable bonds is 6. The molecule has 8 heteroatoms. The Kier molecular flexibility index (Phi) is 5.27. The maximum absolute atomic E-state index is 12.1. The van der Waals surface area contributed by atoms with Crippen LogP contribution in [0, 0.1) is 0 Å². The van der Waals surface area contributed by atoms with Crippen molar-refractivity contribution < 1.29 is 32.2 Å². The summed E-state index contributed by atoms with van der Waals surface area (Å²) in [6.07, 6.45) is -5.64. The van der Waals surface area contributed by atoms with Crippen molar-refractivity contribution in [2.45, 2.75) is 38.5 Å². The topological polar surface area (TPSA) is 56.8 Å². The van der Waals surface area contributed by atoms with E-state index < -0.39 is 30.2 Å². The fourth-order valence-electron chi connectivity index (χ4n) is 2.17. The molecular formula is C16H20F3NO4. The molecule has 0 aromatic heterocycles. The first-order valence-electron chi connectivity index (χ1n) is 7.45. The Morgan fingerprint density at radius 3 is 2.62 bits per heavy atom. The largest absolute Gasteiger partial charge is 0.454 e. The van der Waals surface area contributed by atoms with Gasteiger partial charge in [-0.2, -0.15) is 13.2 Å². The smallest absolute Gasteiger partial charge is 0.411 e. The minimum absolute atomic E-state index is 0.171. The lowest BCUT2D eigenvalue weighted by Gasteiger charge is -2.26. The molecule has 1 aliphatic rings. The van der Waals surface area contributed by atoms with Gasteiger partial charge in [0.05, 0.1) is 0 Å². The highest BCUT2D eigenvalue weighted by Crippen LogP contribution is 2.36. The van der Waals surface area contributed by atoms with E-state index in [2.05, 4.69) is 10.1 Å². The van der Waals surface area contributed by atoms with E-state index in [9.17, 15) is 18.0 Å². The van der Waals surface area contributed by atoms with Gasteiger partial charge < -0.3 is 19.5 Å². The number of benzene rings is 1. The quantitative estimate of drug-likeness (QED) is 0.860. The van der Waals surface area contributed by atoms with Crippen molar-refractivity contribution in [2.24, 2.45) is 0 Å². The second-order valence-corrected chi connectivity index (χ2v) is 6.24. The van der Waals surface area contributed by atoms with Crippen LogP contribution in [0.5, 0.6) is 11.5 Å². The highest BCUT2D eigenvalue weighted by Gasteiger charge is 2.30. The number of amides is 1. The molecule has 0 spiro atoms. The van der Waals surface area contributed by atoms with Crippen LogP contribution in [-0.2, 0) is 14.9 Å². The zero-order valence-corrected chi connectivity index (χ0v) is 13.7. The van der Waals surface area contributed by atoms with E-state index in [4.69, 9.17) is 9.47 Å². The molecule has 0 saturated heterocycles. The van der Waals surface area contributed by atoms with Gasteiger partial charge in [0.15, 0.2) is 11.5 Å². The molecule has 134 valence electrons. The van der Waals surface area contributed by atoms with Crippen LogP contribution in [0.3, 0.4) is 0 Å². The first-order valence-corrected chi connectivity index (χ1v) is 7.45. The lowest BCUT2D eigenvalue weighted by molar-refractivity contribution is -0.185. The Hall–Kier alpha value is -1.96. The number of hydrogen-bond acceptors (Lipinski definition) is 4. The van der Waals surface area contributed by atoms with Crippen LogP contribution in [0.2, 0.25) is 0 Å². The molecule has 0 aliphatic carbocycles. The van der Waals surface area contributed by atoms with Crippen LogP contribution in [0.1, 0.15) is 26.3 Å². The molecule has 24 heavy (non-hydrogen) atoms. The SMILES string of the molecule is C[C@H](OCC(F)(F)F)C(=O)NCC(C)(C)c1ccc2c(c1)OCO2. The fourth-order valence-corrected chi connectivity index (χ4v) is 2.17. The monoisotopic (exact) mass is 347 g/mol. The van der Waals surface area contributed by atoms with Crippen molar-refractivity contribution in [3.05, 3.63) is 23.8 Å². The second-order valence-electron chi connectivity index (χ2n) is 6.24. The normalized spacial score (nSPS) is 15.2. The first-order chi connectivity index (χ1) is 11.1. The van der Waals surface area contributed by atoms with Crippen molar-refractivity contribution in [1.29, 1.82) is 0 Å². The zero-order valence-electron chi connectivity index (χ0n) is 13.7. The number of fused-ring (bicyclic) bond motifs is 1. The van der Waals surface area contributed by atoms with Crippen LogP contribution in [0.15, 0.2) is 18.2 Å². The number of nitrogens with one attached hydrogen (secondary N) is 1. The average Bonchev–Trinajstić information content (AvgIpc) is 2.97. The third-order valence-electron chi connectivity index (χ3n) is 3.72. The van der Waals surface area contributed by atoms with Gasteiger partial charge in [-0.3, -0.25) is 4.79 Å². The minimum atomic E-state index is -4.46. The first kappa shape index (κ1) is 18.4. The summed E-state index contributed by atoms with van der Waals surface area (Å²) in [5.74, 6) is 0.703. The summed E-state index contributed by atoms with van der Waals surface area (Å²) in [5.41, 5.74) is 0.469. The van der Waals surface area contributed by atoms with Gasteiger partial charge in [0.1, 0.15) is 12.7 Å². The second kappa shape index (κ2) is 6.88. The van der Waals surface area contributed by atoms with Crippen molar-refractivity contribution in [3.63, 3.8) is 0 Å². The number of carbonyl (C=O) groups is 1. The van der Waals surface area contributed by atoms with Crippen molar-refractivity contribution in [3.8, 4) is 11.5 Å². The molecule has 1 N–H and O–H groups in total. The summed E-state index contributed by atoms with van der Waals surface area (Å²) in [4.78, 5) is 11.9. The summed E-state index contributed by atoms with van der Waals surface area (Å²) in [5, 5.41) is 2.62. The van der Waals surface area contributed by atoms with E-state index >= 15 is 0 Å². The van der Waals surface area contributed by atoms with Gasteiger partial charge in [-0.15, -0.1) is 0 Å². The molecule has 0 fully saturated rings. The van der Waals surface area contributed by atoms with Crippen LogP contribution < -0.4 is 14.8 Å². The molecule has 1 aromatic rings. The number of ether oxygens (including phenoxy) is 3. The van der Waals surface area contributed by atoms with E-state index in [1.807, 2.05) is 26.0 Å². The lowest BCUT2D eigenvalue weighted by atomic mass is 9.84. The lowest BCUT2D eigenvalue weighted by Crippen LogP contribution is -2.42. The molecule has 2 rings (SSSR count). The molecule has 0 radical (unpaired) electrons. The molecule has 0 saturated carbocycles. The van der Waals surface area contributed by atoms with Crippen LogP contribution in [0.4, 0.5) is 13.2 Å². The molecule has 1 atom stereocenters. The van der Waals surface area contributed by atoms with Gasteiger partial charge in [-0.1, -0.05) is 19.9 Å². The number of hydrogen-bond donors (Lipinski definition) is 1. The minimum Gasteiger partial charge on any atom is -0.454 e. The zero-order chi connectivity index (χ0) is 18.0. The summed E-state index contributed by atoms with van der Waals surface area (Å²) in [6.45, 7) is 4.06. The van der Waals surface area contributed by atoms with Crippen molar-refractivity contribution in [1.82, 2.24) is 5.32 Å². The molecule has 0 unspecified atom stereocenters. The Bertz CT molecular complexity index is 601. The Balaban J connectivity index is 1.91. The molecule has 0 bridgehead atoms. The summed E-state index contributed by atoms with van der Waals surface area (Å²) < 4.78 is 51.4. The van der Waals surface area contributed by atoms with Crippen LogP contribution in [0.25, 0.3) is 0 Å².